The first kappa shape index (κ1) is 9.11. The quantitative estimate of drug-likeness (QED) is 0.578. The molecule has 0 heterocycles. The second-order valence-corrected chi connectivity index (χ2v) is 3.37. The maximum atomic E-state index is 3.78. The molecule has 0 saturated heterocycles. The van der Waals surface area contributed by atoms with Gasteiger partial charge in [-0.2, -0.15) is 0 Å². The van der Waals surface area contributed by atoms with Crippen molar-refractivity contribution >= 4 is 0 Å². The average Bonchev–Trinajstić information content (AvgIpc) is 2.05. The van der Waals surface area contributed by atoms with Crippen LogP contribution < -0.4 is 0 Å². The van der Waals surface area contributed by atoms with Crippen molar-refractivity contribution < 1.29 is 0 Å². The second kappa shape index (κ2) is 4.15. The Hall–Kier alpha value is -0.980. The third-order valence-electron chi connectivity index (χ3n) is 2.21. The van der Waals surface area contributed by atoms with Gasteiger partial charge in [-0.15, -0.1) is 6.58 Å². The standard InChI is InChI=1S/C11H17N/c1-4-7-10-8-5-6-9-11(10)12(2)3/h4-6,9-10H,1,7-8H2,2-3H3. The molecule has 1 heteroatoms. The van der Waals surface area contributed by atoms with Crippen LogP contribution in [-0.2, 0) is 0 Å². The Balaban J connectivity index is 2.69. The van der Waals surface area contributed by atoms with Crippen LogP contribution in [0, 0.1) is 5.92 Å². The molecule has 0 aromatic rings. The zero-order chi connectivity index (χ0) is 8.97. The highest BCUT2D eigenvalue weighted by molar-refractivity contribution is 5.20. The monoisotopic (exact) mass is 163 g/mol. The van der Waals surface area contributed by atoms with Crippen LogP contribution in [0.3, 0.4) is 0 Å². The van der Waals surface area contributed by atoms with Gasteiger partial charge in [0.25, 0.3) is 0 Å². The first-order chi connectivity index (χ1) is 5.75. The van der Waals surface area contributed by atoms with Crippen LogP contribution in [0.2, 0.25) is 0 Å². The fraction of sp³-hybridized carbons (Fsp3) is 0.455. The van der Waals surface area contributed by atoms with E-state index in [4.69, 9.17) is 0 Å². The molecule has 0 aromatic heterocycles. The predicted molar refractivity (Wildman–Crippen MR) is 53.8 cm³/mol. The van der Waals surface area contributed by atoms with E-state index in [1.54, 1.807) is 0 Å². The molecule has 0 bridgehead atoms. The van der Waals surface area contributed by atoms with Crippen molar-refractivity contribution in [3.63, 3.8) is 0 Å². The van der Waals surface area contributed by atoms with E-state index in [9.17, 15) is 0 Å². The lowest BCUT2D eigenvalue weighted by molar-refractivity contribution is 0.414. The maximum absolute atomic E-state index is 3.78. The smallest absolute Gasteiger partial charge is 0.0165 e. The fourth-order valence-electron chi connectivity index (χ4n) is 1.60. The molecule has 1 rings (SSSR count). The molecule has 1 aliphatic carbocycles. The van der Waals surface area contributed by atoms with Crippen LogP contribution in [0.4, 0.5) is 0 Å². The highest BCUT2D eigenvalue weighted by Crippen LogP contribution is 2.25. The molecule has 1 unspecified atom stereocenters. The van der Waals surface area contributed by atoms with Gasteiger partial charge in [0.15, 0.2) is 0 Å². The number of nitrogens with zero attached hydrogens (tertiary/aromatic N) is 1. The van der Waals surface area contributed by atoms with Crippen molar-refractivity contribution in [2.45, 2.75) is 12.8 Å². The fourth-order valence-corrected chi connectivity index (χ4v) is 1.60. The van der Waals surface area contributed by atoms with Gasteiger partial charge in [0.1, 0.15) is 0 Å². The zero-order valence-electron chi connectivity index (χ0n) is 7.96. The molecule has 1 nitrogen and oxygen atoms in total. The van der Waals surface area contributed by atoms with E-state index in [0.29, 0.717) is 5.92 Å². The van der Waals surface area contributed by atoms with Gasteiger partial charge in [-0.05, 0) is 18.9 Å². The van der Waals surface area contributed by atoms with Gasteiger partial charge in [0.2, 0.25) is 0 Å². The number of hydrogen-bond acceptors (Lipinski definition) is 1. The lowest BCUT2D eigenvalue weighted by Crippen LogP contribution is -2.19. The van der Waals surface area contributed by atoms with Crippen molar-refractivity contribution in [2.75, 3.05) is 14.1 Å². The summed E-state index contributed by atoms with van der Waals surface area (Å²) in [5.41, 5.74) is 1.41. The molecule has 12 heavy (non-hydrogen) atoms. The van der Waals surface area contributed by atoms with E-state index in [2.05, 4.69) is 43.8 Å². The molecule has 0 aromatic carbocycles. The molecule has 1 aliphatic rings. The largest absolute Gasteiger partial charge is 0.381 e. The van der Waals surface area contributed by atoms with Crippen LogP contribution in [0.5, 0.6) is 0 Å². The summed E-state index contributed by atoms with van der Waals surface area (Å²) in [6.45, 7) is 3.78. The third kappa shape index (κ3) is 2.00. The molecular formula is C11H17N. The Bertz CT molecular complexity index is 209. The Morgan fingerprint density at radius 3 is 3.00 bits per heavy atom. The van der Waals surface area contributed by atoms with Crippen LogP contribution in [0.15, 0.2) is 36.6 Å². The minimum atomic E-state index is 0.641. The predicted octanol–water partition coefficient (Wildman–Crippen LogP) is 2.58. The van der Waals surface area contributed by atoms with Gasteiger partial charge in [-0.3, -0.25) is 0 Å². The average molecular weight is 163 g/mol. The van der Waals surface area contributed by atoms with Crippen LogP contribution in [0.1, 0.15) is 12.8 Å². The third-order valence-corrected chi connectivity index (χ3v) is 2.21. The summed E-state index contributed by atoms with van der Waals surface area (Å²) >= 11 is 0. The molecule has 0 radical (unpaired) electrons. The summed E-state index contributed by atoms with van der Waals surface area (Å²) in [4.78, 5) is 2.19. The normalized spacial score (nSPS) is 21.8. The first-order valence-corrected chi connectivity index (χ1v) is 4.40. The Morgan fingerprint density at radius 1 is 1.67 bits per heavy atom. The summed E-state index contributed by atoms with van der Waals surface area (Å²) in [6.07, 6.45) is 10.8. The van der Waals surface area contributed by atoms with E-state index in [0.717, 1.165) is 12.8 Å². The van der Waals surface area contributed by atoms with E-state index in [1.807, 2.05) is 6.08 Å². The summed E-state index contributed by atoms with van der Waals surface area (Å²) in [7, 11) is 4.20. The molecule has 0 aliphatic heterocycles. The summed E-state index contributed by atoms with van der Waals surface area (Å²) in [5, 5.41) is 0. The van der Waals surface area contributed by atoms with Crippen molar-refractivity contribution in [1.29, 1.82) is 0 Å². The minimum absolute atomic E-state index is 0.641. The Kier molecular flexibility index (Phi) is 3.15. The molecule has 0 N–H and O–H groups in total. The Morgan fingerprint density at radius 2 is 2.42 bits per heavy atom. The molecule has 0 fully saturated rings. The minimum Gasteiger partial charge on any atom is -0.381 e. The van der Waals surface area contributed by atoms with E-state index in [1.165, 1.54) is 5.70 Å². The van der Waals surface area contributed by atoms with Gasteiger partial charge < -0.3 is 4.90 Å². The van der Waals surface area contributed by atoms with E-state index < -0.39 is 0 Å². The van der Waals surface area contributed by atoms with Crippen LogP contribution >= 0.6 is 0 Å². The number of allylic oxidation sites excluding steroid dienone is 5. The highest BCUT2D eigenvalue weighted by Gasteiger charge is 2.14. The van der Waals surface area contributed by atoms with Gasteiger partial charge in [-0.1, -0.05) is 18.2 Å². The molecule has 0 saturated carbocycles. The first-order valence-electron chi connectivity index (χ1n) is 4.40. The van der Waals surface area contributed by atoms with Gasteiger partial charge >= 0.3 is 0 Å². The number of rotatable bonds is 3. The molecular weight excluding hydrogens is 146 g/mol. The summed E-state index contributed by atoms with van der Waals surface area (Å²) < 4.78 is 0. The Labute approximate surface area is 75.1 Å². The van der Waals surface area contributed by atoms with E-state index in [-0.39, 0.29) is 0 Å². The topological polar surface area (TPSA) is 3.24 Å². The van der Waals surface area contributed by atoms with Gasteiger partial charge in [-0.25, -0.2) is 0 Å². The SMILES string of the molecule is C=CCC1CC=CC=C1N(C)C. The van der Waals surface area contributed by atoms with E-state index >= 15 is 0 Å². The molecule has 1 atom stereocenters. The van der Waals surface area contributed by atoms with Gasteiger partial charge in [0.05, 0.1) is 0 Å². The highest BCUT2D eigenvalue weighted by atomic mass is 15.1. The van der Waals surface area contributed by atoms with Crippen LogP contribution in [-0.4, -0.2) is 19.0 Å². The van der Waals surface area contributed by atoms with Gasteiger partial charge in [0, 0.05) is 25.7 Å². The lowest BCUT2D eigenvalue weighted by atomic mass is 9.93. The van der Waals surface area contributed by atoms with Crippen molar-refractivity contribution in [2.24, 2.45) is 5.92 Å². The van der Waals surface area contributed by atoms with Crippen molar-refractivity contribution in [3.8, 4) is 0 Å². The molecule has 0 spiro atoms. The van der Waals surface area contributed by atoms with Crippen LogP contribution in [0.25, 0.3) is 0 Å². The summed E-state index contributed by atoms with van der Waals surface area (Å²) in [6, 6.07) is 0. The summed E-state index contributed by atoms with van der Waals surface area (Å²) in [5.74, 6) is 0.641. The lowest BCUT2D eigenvalue weighted by Gasteiger charge is -2.26. The van der Waals surface area contributed by atoms with Crippen molar-refractivity contribution in [1.82, 2.24) is 4.90 Å². The molecule has 66 valence electrons. The van der Waals surface area contributed by atoms with Crippen molar-refractivity contribution in [3.05, 3.63) is 36.6 Å². The maximum Gasteiger partial charge on any atom is 0.0165 e. The zero-order valence-corrected chi connectivity index (χ0v) is 7.96. The second-order valence-electron chi connectivity index (χ2n) is 3.37. The number of hydrogen-bond donors (Lipinski definition) is 0. The molecule has 0 amide bonds.